The van der Waals surface area contributed by atoms with E-state index >= 15 is 0 Å². The standard InChI is InChI=1S/C20H23N5O/c1-14-15(12-21-24(14)3)13-23(2)20(26)19-17-10-7-11-18(17)25(22-19)16-8-5-4-6-9-16/h4-6,8-9,12H,7,10-11,13H2,1-3H3. The minimum Gasteiger partial charge on any atom is -0.336 e. The van der Waals surface area contributed by atoms with Crippen LogP contribution in [0.2, 0.25) is 0 Å². The van der Waals surface area contributed by atoms with Crippen LogP contribution in [0.4, 0.5) is 0 Å². The fourth-order valence-corrected chi connectivity index (χ4v) is 3.60. The maximum Gasteiger partial charge on any atom is 0.274 e. The van der Waals surface area contributed by atoms with E-state index in [9.17, 15) is 4.79 Å². The van der Waals surface area contributed by atoms with E-state index in [4.69, 9.17) is 5.10 Å². The minimum absolute atomic E-state index is 0.0268. The van der Waals surface area contributed by atoms with Crippen LogP contribution in [0, 0.1) is 6.92 Å². The van der Waals surface area contributed by atoms with Crippen LogP contribution in [-0.2, 0) is 26.4 Å². The number of hydrogen-bond acceptors (Lipinski definition) is 3. The van der Waals surface area contributed by atoms with E-state index in [2.05, 4.69) is 5.10 Å². The molecule has 0 fully saturated rings. The van der Waals surface area contributed by atoms with Crippen LogP contribution in [0.5, 0.6) is 0 Å². The van der Waals surface area contributed by atoms with Crippen molar-refractivity contribution < 1.29 is 4.79 Å². The first kappa shape index (κ1) is 16.6. The van der Waals surface area contributed by atoms with E-state index in [-0.39, 0.29) is 5.91 Å². The molecule has 0 bridgehead atoms. The van der Waals surface area contributed by atoms with Crippen LogP contribution in [0.15, 0.2) is 36.5 Å². The van der Waals surface area contributed by atoms with Crippen molar-refractivity contribution >= 4 is 5.91 Å². The molecule has 6 nitrogen and oxygen atoms in total. The average Bonchev–Trinajstić information content (AvgIpc) is 3.33. The number of carbonyl (C=O) groups excluding carboxylic acids is 1. The summed E-state index contributed by atoms with van der Waals surface area (Å²) in [4.78, 5) is 14.8. The number of para-hydroxylation sites is 1. The monoisotopic (exact) mass is 349 g/mol. The highest BCUT2D eigenvalue weighted by Crippen LogP contribution is 2.28. The van der Waals surface area contributed by atoms with Gasteiger partial charge in [-0.15, -0.1) is 0 Å². The molecular weight excluding hydrogens is 326 g/mol. The molecule has 26 heavy (non-hydrogen) atoms. The van der Waals surface area contributed by atoms with Crippen LogP contribution in [0.3, 0.4) is 0 Å². The number of carbonyl (C=O) groups is 1. The van der Waals surface area contributed by atoms with Gasteiger partial charge in [0.2, 0.25) is 0 Å². The molecular formula is C20H23N5O. The normalized spacial score (nSPS) is 13.0. The molecule has 1 amide bonds. The van der Waals surface area contributed by atoms with E-state index in [0.29, 0.717) is 12.2 Å². The Kier molecular flexibility index (Phi) is 4.11. The van der Waals surface area contributed by atoms with E-state index < -0.39 is 0 Å². The second-order valence-electron chi connectivity index (χ2n) is 6.91. The Bertz CT molecular complexity index is 954. The molecule has 0 unspecified atom stereocenters. The summed E-state index contributed by atoms with van der Waals surface area (Å²) >= 11 is 0. The van der Waals surface area contributed by atoms with Crippen LogP contribution in [-0.4, -0.2) is 37.4 Å². The molecule has 2 aromatic heterocycles. The van der Waals surface area contributed by atoms with Gasteiger partial charge in [0, 0.05) is 43.2 Å². The van der Waals surface area contributed by atoms with Gasteiger partial charge in [-0.1, -0.05) is 18.2 Å². The van der Waals surface area contributed by atoms with Gasteiger partial charge in [0.15, 0.2) is 5.69 Å². The molecule has 1 aliphatic rings. The van der Waals surface area contributed by atoms with Crippen molar-refractivity contribution in [1.29, 1.82) is 0 Å². The topological polar surface area (TPSA) is 56.0 Å². The largest absolute Gasteiger partial charge is 0.336 e. The highest BCUT2D eigenvalue weighted by molar-refractivity contribution is 5.94. The van der Waals surface area contributed by atoms with E-state index in [1.165, 1.54) is 5.69 Å². The summed E-state index contributed by atoms with van der Waals surface area (Å²) in [6.07, 6.45) is 4.79. The second-order valence-corrected chi connectivity index (χ2v) is 6.91. The van der Waals surface area contributed by atoms with Gasteiger partial charge >= 0.3 is 0 Å². The van der Waals surface area contributed by atoms with Gasteiger partial charge in [-0.2, -0.15) is 10.2 Å². The Labute approximate surface area is 153 Å². The predicted molar refractivity (Wildman–Crippen MR) is 99.3 cm³/mol. The van der Waals surface area contributed by atoms with Gasteiger partial charge in [0.25, 0.3) is 5.91 Å². The van der Waals surface area contributed by atoms with Crippen molar-refractivity contribution in [3.05, 3.63) is 64.7 Å². The van der Waals surface area contributed by atoms with Gasteiger partial charge in [-0.3, -0.25) is 9.48 Å². The quantitative estimate of drug-likeness (QED) is 0.728. The highest BCUT2D eigenvalue weighted by atomic mass is 16.2. The zero-order valence-electron chi connectivity index (χ0n) is 15.4. The van der Waals surface area contributed by atoms with Crippen LogP contribution >= 0.6 is 0 Å². The molecule has 1 aliphatic carbocycles. The van der Waals surface area contributed by atoms with E-state index in [1.54, 1.807) is 4.90 Å². The first-order valence-electron chi connectivity index (χ1n) is 8.95. The van der Waals surface area contributed by atoms with Crippen LogP contribution in [0.1, 0.15) is 39.4 Å². The molecule has 0 saturated carbocycles. The maximum absolute atomic E-state index is 13.1. The molecule has 0 aliphatic heterocycles. The summed E-state index contributed by atoms with van der Waals surface area (Å²) < 4.78 is 3.77. The number of aryl methyl sites for hydroxylation is 1. The number of hydrogen-bond donors (Lipinski definition) is 0. The molecule has 0 radical (unpaired) electrons. The van der Waals surface area contributed by atoms with Gasteiger partial charge in [0.1, 0.15) is 0 Å². The lowest BCUT2D eigenvalue weighted by molar-refractivity contribution is 0.0777. The minimum atomic E-state index is -0.0268. The predicted octanol–water partition coefficient (Wildman–Crippen LogP) is 2.68. The third-order valence-corrected chi connectivity index (χ3v) is 5.22. The first-order valence-corrected chi connectivity index (χ1v) is 8.95. The Morgan fingerprint density at radius 3 is 2.69 bits per heavy atom. The van der Waals surface area contributed by atoms with Gasteiger partial charge in [-0.05, 0) is 38.3 Å². The maximum atomic E-state index is 13.1. The second kappa shape index (κ2) is 6.44. The zero-order valence-corrected chi connectivity index (χ0v) is 15.4. The number of amides is 1. The Morgan fingerprint density at radius 1 is 1.23 bits per heavy atom. The average molecular weight is 349 g/mol. The molecule has 0 spiro atoms. The van der Waals surface area contributed by atoms with Crippen molar-refractivity contribution in [1.82, 2.24) is 24.5 Å². The first-order chi connectivity index (χ1) is 12.6. The smallest absolute Gasteiger partial charge is 0.274 e. The van der Waals surface area contributed by atoms with Crippen LogP contribution < -0.4 is 0 Å². The van der Waals surface area contributed by atoms with Gasteiger partial charge in [-0.25, -0.2) is 4.68 Å². The van der Waals surface area contributed by atoms with E-state index in [0.717, 1.165) is 41.8 Å². The third-order valence-electron chi connectivity index (χ3n) is 5.22. The summed E-state index contributed by atoms with van der Waals surface area (Å²) in [7, 11) is 3.74. The lowest BCUT2D eigenvalue weighted by Gasteiger charge is -2.16. The summed E-state index contributed by atoms with van der Waals surface area (Å²) in [5, 5.41) is 8.96. The molecule has 4 rings (SSSR count). The molecule has 0 N–H and O–H groups in total. The van der Waals surface area contributed by atoms with Crippen molar-refractivity contribution in [2.24, 2.45) is 7.05 Å². The fraction of sp³-hybridized carbons (Fsp3) is 0.350. The summed E-state index contributed by atoms with van der Waals surface area (Å²) in [5.41, 5.74) is 6.01. The van der Waals surface area contributed by atoms with Crippen molar-refractivity contribution in [2.75, 3.05) is 7.05 Å². The number of benzene rings is 1. The molecule has 0 atom stereocenters. The lowest BCUT2D eigenvalue weighted by atomic mass is 10.1. The van der Waals surface area contributed by atoms with Crippen molar-refractivity contribution in [3.8, 4) is 5.69 Å². The lowest BCUT2D eigenvalue weighted by Crippen LogP contribution is -2.27. The van der Waals surface area contributed by atoms with Crippen LogP contribution in [0.25, 0.3) is 5.69 Å². The summed E-state index contributed by atoms with van der Waals surface area (Å²) in [6, 6.07) is 10.0. The molecule has 2 heterocycles. The zero-order chi connectivity index (χ0) is 18.3. The molecule has 0 saturated heterocycles. The van der Waals surface area contributed by atoms with E-state index in [1.807, 2.05) is 66.9 Å². The highest BCUT2D eigenvalue weighted by Gasteiger charge is 2.28. The molecule has 6 heteroatoms. The van der Waals surface area contributed by atoms with Crippen molar-refractivity contribution in [3.63, 3.8) is 0 Å². The molecule has 3 aromatic rings. The number of aromatic nitrogens is 4. The van der Waals surface area contributed by atoms with Gasteiger partial charge in [0.05, 0.1) is 11.9 Å². The summed E-state index contributed by atoms with van der Waals surface area (Å²) in [6.45, 7) is 2.55. The Hall–Kier alpha value is -2.89. The summed E-state index contributed by atoms with van der Waals surface area (Å²) in [5.74, 6) is -0.0268. The third kappa shape index (κ3) is 2.71. The Balaban J connectivity index is 1.65. The number of fused-ring (bicyclic) bond motifs is 1. The van der Waals surface area contributed by atoms with Gasteiger partial charge < -0.3 is 4.90 Å². The molecule has 134 valence electrons. The Morgan fingerprint density at radius 2 is 2.00 bits per heavy atom. The SMILES string of the molecule is Cc1c(CN(C)C(=O)c2nn(-c3ccccc3)c3c2CCC3)cnn1C. The molecule has 1 aromatic carbocycles. The number of rotatable bonds is 4. The van der Waals surface area contributed by atoms with Crippen molar-refractivity contribution in [2.45, 2.75) is 32.7 Å². The fourth-order valence-electron chi connectivity index (χ4n) is 3.60. The number of nitrogens with zero attached hydrogens (tertiary/aromatic N) is 5.